The van der Waals surface area contributed by atoms with Gasteiger partial charge >= 0.3 is 5.97 Å². The molecule has 0 aliphatic carbocycles. The van der Waals surface area contributed by atoms with Crippen LogP contribution in [0, 0.1) is 0 Å². The number of carbonyl (C=O) groups excluding carboxylic acids is 1. The molecular formula is C16H15ClO2. The first-order valence-electron chi connectivity index (χ1n) is 6.10. The maximum Gasteiger partial charge on any atom is 0.302 e. The van der Waals surface area contributed by atoms with Crippen molar-refractivity contribution in [1.82, 2.24) is 0 Å². The fraction of sp³-hybridized carbons (Fsp3) is 0.188. The van der Waals surface area contributed by atoms with Crippen molar-refractivity contribution in [3.63, 3.8) is 0 Å². The maximum absolute atomic E-state index is 10.8. The molecule has 19 heavy (non-hydrogen) atoms. The van der Waals surface area contributed by atoms with E-state index in [1.807, 2.05) is 36.4 Å². The lowest BCUT2D eigenvalue weighted by atomic mass is 10.0. The van der Waals surface area contributed by atoms with Crippen LogP contribution in [0.4, 0.5) is 0 Å². The predicted octanol–water partition coefficient (Wildman–Crippen LogP) is 3.99. The van der Waals surface area contributed by atoms with Gasteiger partial charge < -0.3 is 4.74 Å². The highest BCUT2D eigenvalue weighted by atomic mass is 35.5. The summed E-state index contributed by atoms with van der Waals surface area (Å²) in [6.07, 6.45) is 0.771. The molecule has 2 nitrogen and oxygen atoms in total. The van der Waals surface area contributed by atoms with Crippen LogP contribution >= 0.6 is 11.6 Å². The Hall–Kier alpha value is -1.80. The number of hydrogen-bond donors (Lipinski definition) is 0. The summed E-state index contributed by atoms with van der Waals surface area (Å²) in [7, 11) is 0. The van der Waals surface area contributed by atoms with Crippen LogP contribution in [0.15, 0.2) is 48.5 Å². The van der Waals surface area contributed by atoms with Gasteiger partial charge in [0, 0.05) is 11.9 Å². The van der Waals surface area contributed by atoms with Crippen LogP contribution in [0.1, 0.15) is 23.6 Å². The zero-order valence-electron chi connectivity index (χ0n) is 10.7. The molecule has 0 saturated carbocycles. The van der Waals surface area contributed by atoms with E-state index in [2.05, 4.69) is 12.1 Å². The standard InChI is InChI=1S/C16H15ClO2/c1-12(18)19-11-14-7-8-16(17)15(10-14)9-13-5-3-2-4-6-13/h2-8,10H,9,11H2,1H3. The Morgan fingerprint density at radius 3 is 2.53 bits per heavy atom. The number of carbonyl (C=O) groups is 1. The summed E-state index contributed by atoms with van der Waals surface area (Å²) in [4.78, 5) is 10.8. The van der Waals surface area contributed by atoms with Crippen molar-refractivity contribution < 1.29 is 9.53 Å². The summed E-state index contributed by atoms with van der Waals surface area (Å²) < 4.78 is 4.99. The second kappa shape index (κ2) is 6.39. The van der Waals surface area contributed by atoms with E-state index in [9.17, 15) is 4.79 Å². The monoisotopic (exact) mass is 274 g/mol. The Labute approximate surface area is 118 Å². The third kappa shape index (κ3) is 4.11. The molecule has 0 aromatic heterocycles. The topological polar surface area (TPSA) is 26.3 Å². The first kappa shape index (κ1) is 13.6. The number of halogens is 1. The first-order valence-corrected chi connectivity index (χ1v) is 6.47. The average molecular weight is 275 g/mol. The molecule has 2 aromatic carbocycles. The molecule has 0 amide bonds. The lowest BCUT2D eigenvalue weighted by molar-refractivity contribution is -0.142. The van der Waals surface area contributed by atoms with Gasteiger partial charge in [-0.3, -0.25) is 4.79 Å². The van der Waals surface area contributed by atoms with Crippen molar-refractivity contribution >= 4 is 17.6 Å². The molecule has 0 saturated heterocycles. The number of esters is 1. The van der Waals surface area contributed by atoms with Gasteiger partial charge in [0.2, 0.25) is 0 Å². The maximum atomic E-state index is 10.8. The number of benzene rings is 2. The van der Waals surface area contributed by atoms with E-state index in [0.717, 1.165) is 22.6 Å². The van der Waals surface area contributed by atoms with Gasteiger partial charge in [0.25, 0.3) is 0 Å². The van der Waals surface area contributed by atoms with Crippen LogP contribution < -0.4 is 0 Å². The van der Waals surface area contributed by atoms with Crippen LogP contribution in [-0.2, 0) is 22.6 Å². The SMILES string of the molecule is CC(=O)OCc1ccc(Cl)c(Cc2ccccc2)c1. The molecule has 0 atom stereocenters. The summed E-state index contributed by atoms with van der Waals surface area (Å²) >= 11 is 6.20. The summed E-state index contributed by atoms with van der Waals surface area (Å²) in [6, 6.07) is 15.8. The van der Waals surface area contributed by atoms with E-state index < -0.39 is 0 Å². The van der Waals surface area contributed by atoms with Crippen molar-refractivity contribution in [2.24, 2.45) is 0 Å². The van der Waals surface area contributed by atoms with E-state index in [0.29, 0.717) is 0 Å². The Morgan fingerprint density at radius 2 is 1.84 bits per heavy atom. The minimum atomic E-state index is -0.278. The van der Waals surface area contributed by atoms with Crippen LogP contribution in [-0.4, -0.2) is 5.97 Å². The number of hydrogen-bond acceptors (Lipinski definition) is 2. The molecule has 0 radical (unpaired) electrons. The molecule has 0 aliphatic heterocycles. The Kier molecular flexibility index (Phi) is 4.58. The molecular weight excluding hydrogens is 260 g/mol. The minimum absolute atomic E-state index is 0.278. The van der Waals surface area contributed by atoms with Gasteiger partial charge in [-0.2, -0.15) is 0 Å². The van der Waals surface area contributed by atoms with Gasteiger partial charge in [-0.25, -0.2) is 0 Å². The zero-order chi connectivity index (χ0) is 13.7. The van der Waals surface area contributed by atoms with E-state index in [1.54, 1.807) is 0 Å². The summed E-state index contributed by atoms with van der Waals surface area (Å²) in [6.45, 7) is 1.69. The average Bonchev–Trinajstić information content (AvgIpc) is 2.41. The Morgan fingerprint density at radius 1 is 1.11 bits per heavy atom. The van der Waals surface area contributed by atoms with E-state index in [1.165, 1.54) is 12.5 Å². The lowest BCUT2D eigenvalue weighted by Crippen LogP contribution is -2.00. The van der Waals surface area contributed by atoms with Gasteiger partial charge in [0.15, 0.2) is 0 Å². The predicted molar refractivity (Wildman–Crippen MR) is 76.2 cm³/mol. The minimum Gasteiger partial charge on any atom is -0.461 e. The van der Waals surface area contributed by atoms with Gasteiger partial charge in [-0.1, -0.05) is 54.1 Å². The highest BCUT2D eigenvalue weighted by Crippen LogP contribution is 2.21. The van der Waals surface area contributed by atoms with E-state index >= 15 is 0 Å². The summed E-state index contributed by atoms with van der Waals surface area (Å²) in [5.74, 6) is -0.278. The van der Waals surface area contributed by atoms with Crippen molar-refractivity contribution in [1.29, 1.82) is 0 Å². The largest absolute Gasteiger partial charge is 0.461 e. The van der Waals surface area contributed by atoms with E-state index in [4.69, 9.17) is 16.3 Å². The van der Waals surface area contributed by atoms with Gasteiger partial charge in [-0.05, 0) is 29.2 Å². The van der Waals surface area contributed by atoms with Gasteiger partial charge in [0.05, 0.1) is 0 Å². The quantitative estimate of drug-likeness (QED) is 0.788. The first-order chi connectivity index (χ1) is 9.15. The van der Waals surface area contributed by atoms with Crippen molar-refractivity contribution in [2.45, 2.75) is 20.0 Å². The van der Waals surface area contributed by atoms with Gasteiger partial charge in [-0.15, -0.1) is 0 Å². The van der Waals surface area contributed by atoms with Crippen molar-refractivity contribution in [2.75, 3.05) is 0 Å². The van der Waals surface area contributed by atoms with E-state index in [-0.39, 0.29) is 12.6 Å². The highest BCUT2D eigenvalue weighted by Gasteiger charge is 2.04. The zero-order valence-corrected chi connectivity index (χ0v) is 11.5. The Bertz CT molecular complexity index is 564. The fourth-order valence-corrected chi connectivity index (χ4v) is 2.04. The molecule has 0 fully saturated rings. The van der Waals surface area contributed by atoms with Crippen molar-refractivity contribution in [3.05, 3.63) is 70.2 Å². The van der Waals surface area contributed by atoms with Crippen LogP contribution in [0.5, 0.6) is 0 Å². The van der Waals surface area contributed by atoms with Crippen LogP contribution in [0.2, 0.25) is 5.02 Å². The third-order valence-electron chi connectivity index (χ3n) is 2.79. The molecule has 0 bridgehead atoms. The smallest absolute Gasteiger partial charge is 0.302 e. The molecule has 0 unspecified atom stereocenters. The molecule has 0 spiro atoms. The van der Waals surface area contributed by atoms with Gasteiger partial charge in [0.1, 0.15) is 6.61 Å². The second-order valence-electron chi connectivity index (χ2n) is 4.37. The third-order valence-corrected chi connectivity index (χ3v) is 3.16. The molecule has 3 heteroatoms. The molecule has 0 N–H and O–H groups in total. The number of rotatable bonds is 4. The molecule has 2 rings (SSSR count). The summed E-state index contributed by atoms with van der Waals surface area (Å²) in [5.41, 5.74) is 3.19. The van der Waals surface area contributed by atoms with Crippen molar-refractivity contribution in [3.8, 4) is 0 Å². The fourth-order valence-electron chi connectivity index (χ4n) is 1.85. The number of ether oxygens (including phenoxy) is 1. The lowest BCUT2D eigenvalue weighted by Gasteiger charge is -2.08. The molecule has 0 aliphatic rings. The molecule has 0 heterocycles. The highest BCUT2D eigenvalue weighted by molar-refractivity contribution is 6.31. The molecule has 98 valence electrons. The second-order valence-corrected chi connectivity index (χ2v) is 4.78. The summed E-state index contributed by atoms with van der Waals surface area (Å²) in [5, 5.41) is 0.732. The van der Waals surface area contributed by atoms with Crippen LogP contribution in [0.25, 0.3) is 0 Å². The van der Waals surface area contributed by atoms with Crippen LogP contribution in [0.3, 0.4) is 0 Å². The normalized spacial score (nSPS) is 10.2. The molecule has 2 aromatic rings. The Balaban J connectivity index is 2.15.